The normalized spacial score (nSPS) is 12.0. The zero-order chi connectivity index (χ0) is 16.3. The second-order valence-electron chi connectivity index (χ2n) is 4.71. The van der Waals surface area contributed by atoms with Gasteiger partial charge in [0.15, 0.2) is 0 Å². The van der Waals surface area contributed by atoms with Crippen molar-refractivity contribution in [3.05, 3.63) is 64.4 Å². The number of aliphatic hydroxyl groups excluding tert-OH is 1. The molecule has 0 aliphatic heterocycles. The van der Waals surface area contributed by atoms with Gasteiger partial charge >= 0.3 is 0 Å². The fraction of sp³-hybridized carbons (Fsp3) is 0.188. The Bertz CT molecular complexity index is 696. The van der Waals surface area contributed by atoms with Crippen molar-refractivity contribution in [3.8, 4) is 0 Å². The van der Waals surface area contributed by atoms with Crippen LogP contribution in [0, 0.1) is 5.82 Å². The maximum absolute atomic E-state index is 13.9. The van der Waals surface area contributed by atoms with E-state index < -0.39 is 11.9 Å². The number of alkyl halides is 1. The summed E-state index contributed by atoms with van der Waals surface area (Å²) in [6, 6.07) is 10.7. The maximum atomic E-state index is 13.9. The van der Waals surface area contributed by atoms with E-state index in [1.807, 2.05) is 0 Å². The van der Waals surface area contributed by atoms with Gasteiger partial charge in [0.05, 0.1) is 5.33 Å². The third-order valence-corrected chi connectivity index (χ3v) is 4.05. The number of rotatable bonds is 4. The highest BCUT2D eigenvalue weighted by Crippen LogP contribution is 2.33. The van der Waals surface area contributed by atoms with Crippen LogP contribution >= 0.6 is 27.5 Å². The smallest absolute Gasteiger partial charge is 0.237 e. The van der Waals surface area contributed by atoms with E-state index >= 15 is 0 Å². The number of hydrogen-bond donors (Lipinski definition) is 1. The van der Waals surface area contributed by atoms with Gasteiger partial charge in [-0.15, -0.1) is 0 Å². The van der Waals surface area contributed by atoms with Crippen molar-refractivity contribution in [2.45, 2.75) is 6.10 Å². The lowest BCUT2D eigenvalue weighted by molar-refractivity contribution is -0.115. The van der Waals surface area contributed by atoms with Crippen LogP contribution in [0.5, 0.6) is 0 Å². The highest BCUT2D eigenvalue weighted by Gasteiger charge is 2.22. The van der Waals surface area contributed by atoms with Crippen molar-refractivity contribution < 1.29 is 14.3 Å². The van der Waals surface area contributed by atoms with Gasteiger partial charge in [-0.05, 0) is 24.3 Å². The van der Waals surface area contributed by atoms with Crippen LogP contribution in [0.25, 0.3) is 0 Å². The van der Waals surface area contributed by atoms with Crippen molar-refractivity contribution in [3.63, 3.8) is 0 Å². The third-order valence-electron chi connectivity index (χ3n) is 3.33. The molecule has 116 valence electrons. The molecule has 0 saturated carbocycles. The third kappa shape index (κ3) is 3.48. The predicted octanol–water partition coefficient (Wildman–Crippen LogP) is 3.92. The van der Waals surface area contributed by atoms with Crippen LogP contribution in [0.2, 0.25) is 5.02 Å². The summed E-state index contributed by atoms with van der Waals surface area (Å²) in [6.45, 7) is 0. The lowest BCUT2D eigenvalue weighted by Gasteiger charge is -2.23. The standard InChI is InChI=1S/C16H14BrClFNO2/c1-20(15(21)9-17)14-7-6-10(18)8-12(14)16(22)11-4-2-3-5-13(11)19/h2-8,16,22H,9H2,1H3. The number of benzene rings is 2. The number of anilines is 1. The SMILES string of the molecule is CN(C(=O)CBr)c1ccc(Cl)cc1C(O)c1ccccc1F. The molecule has 0 aliphatic carbocycles. The Morgan fingerprint density at radius 1 is 1.32 bits per heavy atom. The predicted molar refractivity (Wildman–Crippen MR) is 89.1 cm³/mol. The highest BCUT2D eigenvalue weighted by atomic mass is 79.9. The van der Waals surface area contributed by atoms with Gasteiger partial charge < -0.3 is 10.0 Å². The summed E-state index contributed by atoms with van der Waals surface area (Å²) < 4.78 is 13.9. The van der Waals surface area contributed by atoms with Crippen LogP contribution in [0.15, 0.2) is 42.5 Å². The van der Waals surface area contributed by atoms with Gasteiger partial charge in [0.25, 0.3) is 0 Å². The topological polar surface area (TPSA) is 40.5 Å². The molecule has 0 aliphatic rings. The zero-order valence-corrected chi connectivity index (χ0v) is 14.1. The summed E-state index contributed by atoms with van der Waals surface area (Å²) >= 11 is 9.09. The molecule has 1 amide bonds. The Labute approximate surface area is 141 Å². The molecule has 0 aromatic heterocycles. The first-order valence-corrected chi connectivity index (χ1v) is 8.00. The largest absolute Gasteiger partial charge is 0.383 e. The first-order valence-electron chi connectivity index (χ1n) is 6.50. The van der Waals surface area contributed by atoms with Crippen LogP contribution in [0.1, 0.15) is 17.2 Å². The maximum Gasteiger partial charge on any atom is 0.237 e. The molecule has 0 radical (unpaired) electrons. The Hall–Kier alpha value is -1.43. The molecular weight excluding hydrogens is 373 g/mol. The molecule has 1 N–H and O–H groups in total. The number of carbonyl (C=O) groups is 1. The van der Waals surface area contributed by atoms with E-state index in [2.05, 4.69) is 15.9 Å². The van der Waals surface area contributed by atoms with E-state index in [-0.39, 0.29) is 16.8 Å². The molecule has 1 unspecified atom stereocenters. The number of carbonyl (C=O) groups excluding carboxylic acids is 1. The van der Waals surface area contributed by atoms with E-state index in [1.54, 1.807) is 31.3 Å². The van der Waals surface area contributed by atoms with Gasteiger partial charge in [0, 0.05) is 28.9 Å². The minimum atomic E-state index is -1.22. The molecule has 0 bridgehead atoms. The first kappa shape index (κ1) is 16.9. The van der Waals surface area contributed by atoms with E-state index in [1.165, 1.54) is 23.1 Å². The molecule has 0 fully saturated rings. The van der Waals surface area contributed by atoms with Gasteiger partial charge in [-0.25, -0.2) is 4.39 Å². The average Bonchev–Trinajstić information content (AvgIpc) is 2.53. The molecular formula is C16H14BrClFNO2. The Morgan fingerprint density at radius 2 is 2.00 bits per heavy atom. The van der Waals surface area contributed by atoms with Gasteiger partial charge in [-0.2, -0.15) is 0 Å². The molecule has 0 spiro atoms. The van der Waals surface area contributed by atoms with E-state index in [4.69, 9.17) is 11.6 Å². The van der Waals surface area contributed by atoms with Crippen molar-refractivity contribution in [1.82, 2.24) is 0 Å². The molecule has 1 atom stereocenters. The molecule has 0 heterocycles. The van der Waals surface area contributed by atoms with E-state index in [0.717, 1.165) is 0 Å². The monoisotopic (exact) mass is 385 g/mol. The van der Waals surface area contributed by atoms with Crippen LogP contribution in [-0.2, 0) is 4.79 Å². The molecule has 2 aromatic rings. The summed E-state index contributed by atoms with van der Waals surface area (Å²) in [5.74, 6) is -0.709. The first-order chi connectivity index (χ1) is 10.5. The summed E-state index contributed by atoms with van der Waals surface area (Å²) in [5.41, 5.74) is 0.977. The molecule has 2 aromatic carbocycles. The summed E-state index contributed by atoms with van der Waals surface area (Å²) in [4.78, 5) is 13.3. The number of hydrogen-bond acceptors (Lipinski definition) is 2. The van der Waals surface area contributed by atoms with Crippen LogP contribution in [0.3, 0.4) is 0 Å². The molecule has 2 rings (SSSR count). The van der Waals surface area contributed by atoms with Crippen LogP contribution in [-0.4, -0.2) is 23.4 Å². The fourth-order valence-corrected chi connectivity index (χ4v) is 2.69. The number of nitrogens with zero attached hydrogens (tertiary/aromatic N) is 1. The number of aliphatic hydroxyl groups is 1. The molecule has 3 nitrogen and oxygen atoms in total. The fourth-order valence-electron chi connectivity index (χ4n) is 2.14. The lowest BCUT2D eigenvalue weighted by atomic mass is 9.99. The Balaban J connectivity index is 2.52. The van der Waals surface area contributed by atoms with Crippen LogP contribution < -0.4 is 4.90 Å². The van der Waals surface area contributed by atoms with Gasteiger partial charge in [0.2, 0.25) is 5.91 Å². The van der Waals surface area contributed by atoms with Crippen LogP contribution in [0.4, 0.5) is 10.1 Å². The van der Waals surface area contributed by atoms with Crippen molar-refractivity contribution in [2.24, 2.45) is 0 Å². The van der Waals surface area contributed by atoms with Crippen molar-refractivity contribution in [1.29, 1.82) is 0 Å². The van der Waals surface area contributed by atoms with Crippen molar-refractivity contribution >= 4 is 39.1 Å². The minimum absolute atomic E-state index is 0.130. The van der Waals surface area contributed by atoms with E-state index in [0.29, 0.717) is 16.3 Å². The summed E-state index contributed by atoms with van der Waals surface area (Å²) in [5, 5.41) is 11.1. The second-order valence-corrected chi connectivity index (χ2v) is 5.71. The van der Waals surface area contributed by atoms with Gasteiger partial charge in [-0.3, -0.25) is 4.79 Å². The number of amides is 1. The average molecular weight is 387 g/mol. The molecule has 22 heavy (non-hydrogen) atoms. The second kappa shape index (κ2) is 7.22. The van der Waals surface area contributed by atoms with Crippen molar-refractivity contribution in [2.75, 3.05) is 17.3 Å². The Kier molecular flexibility index (Phi) is 5.56. The molecule has 6 heteroatoms. The lowest BCUT2D eigenvalue weighted by Crippen LogP contribution is -2.28. The quantitative estimate of drug-likeness (QED) is 0.809. The van der Waals surface area contributed by atoms with Gasteiger partial charge in [-0.1, -0.05) is 45.7 Å². The zero-order valence-electron chi connectivity index (χ0n) is 11.8. The summed E-state index contributed by atoms with van der Waals surface area (Å²) in [6.07, 6.45) is -1.22. The molecule has 0 saturated heterocycles. The number of halogens is 3. The summed E-state index contributed by atoms with van der Waals surface area (Å²) in [7, 11) is 1.59. The minimum Gasteiger partial charge on any atom is -0.383 e. The van der Waals surface area contributed by atoms with E-state index in [9.17, 15) is 14.3 Å². The highest BCUT2D eigenvalue weighted by molar-refractivity contribution is 9.09. The van der Waals surface area contributed by atoms with Gasteiger partial charge in [0.1, 0.15) is 11.9 Å². The Morgan fingerprint density at radius 3 is 2.64 bits per heavy atom.